The topological polar surface area (TPSA) is 55.4 Å². The van der Waals surface area contributed by atoms with Crippen molar-refractivity contribution in [3.8, 4) is 0 Å². The van der Waals surface area contributed by atoms with Gasteiger partial charge in [-0.25, -0.2) is 4.79 Å². The second-order valence-corrected chi connectivity index (χ2v) is 4.77. The van der Waals surface area contributed by atoms with E-state index in [4.69, 9.17) is 4.74 Å². The smallest absolute Gasteiger partial charge is 0.407 e. The predicted octanol–water partition coefficient (Wildman–Crippen LogP) is 1.49. The van der Waals surface area contributed by atoms with Gasteiger partial charge in [0.15, 0.2) is 0 Å². The fourth-order valence-electron chi connectivity index (χ4n) is 1.30. The van der Waals surface area contributed by atoms with Crippen LogP contribution in [0.4, 0.5) is 4.79 Å². The van der Waals surface area contributed by atoms with Crippen LogP contribution >= 0.6 is 0 Å². The molecule has 1 aliphatic rings. The quantitative estimate of drug-likeness (QED) is 0.685. The molecule has 1 rings (SSSR count). The highest BCUT2D eigenvalue weighted by Gasteiger charge is 2.32. The van der Waals surface area contributed by atoms with Gasteiger partial charge in [-0.2, -0.15) is 0 Å². The number of hydrogen-bond acceptors (Lipinski definition) is 3. The van der Waals surface area contributed by atoms with Crippen LogP contribution in [0.2, 0.25) is 0 Å². The zero-order valence-corrected chi connectivity index (χ0v) is 8.87. The summed E-state index contributed by atoms with van der Waals surface area (Å²) >= 11 is 0. The van der Waals surface area contributed by atoms with E-state index in [1.807, 2.05) is 20.8 Å². The first kappa shape index (κ1) is 11.0. The summed E-state index contributed by atoms with van der Waals surface area (Å²) in [5.74, 6) is 0.0856. The summed E-state index contributed by atoms with van der Waals surface area (Å²) < 4.78 is 5.09. The van der Waals surface area contributed by atoms with Crippen molar-refractivity contribution in [1.82, 2.24) is 5.32 Å². The Morgan fingerprint density at radius 3 is 2.43 bits per heavy atom. The van der Waals surface area contributed by atoms with Gasteiger partial charge in [0.05, 0.1) is 0 Å². The molecule has 1 amide bonds. The SMILES string of the molecule is CC(C)(C)NC(=O)OC1CC(C=O)C1. The van der Waals surface area contributed by atoms with E-state index in [2.05, 4.69) is 5.32 Å². The maximum absolute atomic E-state index is 11.2. The van der Waals surface area contributed by atoms with Crippen LogP contribution in [0, 0.1) is 5.92 Å². The van der Waals surface area contributed by atoms with E-state index in [0.717, 1.165) is 6.29 Å². The first-order valence-electron chi connectivity index (χ1n) is 4.85. The molecule has 0 bridgehead atoms. The van der Waals surface area contributed by atoms with Gasteiger partial charge in [-0.05, 0) is 33.6 Å². The monoisotopic (exact) mass is 199 g/mol. The number of nitrogens with one attached hydrogen (secondary N) is 1. The third kappa shape index (κ3) is 3.36. The molecular weight excluding hydrogens is 182 g/mol. The Bertz CT molecular complexity index is 226. The van der Waals surface area contributed by atoms with Crippen molar-refractivity contribution in [2.75, 3.05) is 0 Å². The first-order chi connectivity index (χ1) is 6.40. The number of carbonyl (C=O) groups excluding carboxylic acids is 2. The summed E-state index contributed by atoms with van der Waals surface area (Å²) in [5, 5.41) is 2.70. The van der Waals surface area contributed by atoms with Crippen molar-refractivity contribution in [2.45, 2.75) is 45.3 Å². The zero-order valence-electron chi connectivity index (χ0n) is 8.87. The van der Waals surface area contributed by atoms with Crippen molar-refractivity contribution in [1.29, 1.82) is 0 Å². The second-order valence-electron chi connectivity index (χ2n) is 4.77. The molecule has 4 heteroatoms. The minimum Gasteiger partial charge on any atom is -0.446 e. The Labute approximate surface area is 84.0 Å². The van der Waals surface area contributed by atoms with E-state index in [9.17, 15) is 9.59 Å². The van der Waals surface area contributed by atoms with Gasteiger partial charge in [0, 0.05) is 11.5 Å². The van der Waals surface area contributed by atoms with Gasteiger partial charge in [-0.3, -0.25) is 0 Å². The minimum atomic E-state index is -0.396. The van der Waals surface area contributed by atoms with Gasteiger partial charge < -0.3 is 14.8 Å². The largest absolute Gasteiger partial charge is 0.446 e. The van der Waals surface area contributed by atoms with Crippen LogP contribution < -0.4 is 5.32 Å². The molecule has 0 spiro atoms. The number of ether oxygens (including phenoxy) is 1. The highest BCUT2D eigenvalue weighted by atomic mass is 16.6. The summed E-state index contributed by atoms with van der Waals surface area (Å²) in [4.78, 5) is 21.5. The fraction of sp³-hybridized carbons (Fsp3) is 0.800. The molecule has 0 atom stereocenters. The van der Waals surface area contributed by atoms with E-state index in [1.165, 1.54) is 0 Å². The predicted molar refractivity (Wildman–Crippen MR) is 51.9 cm³/mol. The molecule has 1 N–H and O–H groups in total. The number of alkyl carbamates (subject to hydrolysis) is 1. The van der Waals surface area contributed by atoms with Gasteiger partial charge in [0.2, 0.25) is 0 Å². The average Bonchev–Trinajstić information content (AvgIpc) is 1.91. The standard InChI is InChI=1S/C10H17NO3/c1-10(2,3)11-9(13)14-8-4-7(5-8)6-12/h6-8H,4-5H2,1-3H3,(H,11,13). The normalized spacial score (nSPS) is 26.2. The van der Waals surface area contributed by atoms with Crippen molar-refractivity contribution < 1.29 is 14.3 Å². The number of amides is 1. The van der Waals surface area contributed by atoms with Gasteiger partial charge in [0.25, 0.3) is 0 Å². The van der Waals surface area contributed by atoms with Crippen LogP contribution in [-0.2, 0) is 9.53 Å². The molecule has 0 unspecified atom stereocenters. The molecule has 1 aliphatic carbocycles. The third-order valence-corrected chi connectivity index (χ3v) is 2.07. The molecule has 0 aliphatic heterocycles. The lowest BCUT2D eigenvalue weighted by molar-refractivity contribution is -0.117. The first-order valence-corrected chi connectivity index (χ1v) is 4.85. The van der Waals surface area contributed by atoms with E-state index < -0.39 is 6.09 Å². The molecule has 0 aromatic rings. The molecule has 0 aromatic heterocycles. The Morgan fingerprint density at radius 1 is 1.43 bits per heavy atom. The molecular formula is C10H17NO3. The second kappa shape index (κ2) is 3.98. The molecule has 4 nitrogen and oxygen atoms in total. The van der Waals surface area contributed by atoms with E-state index in [1.54, 1.807) is 0 Å². The molecule has 0 saturated heterocycles. The molecule has 14 heavy (non-hydrogen) atoms. The van der Waals surface area contributed by atoms with Crippen LogP contribution in [0.3, 0.4) is 0 Å². The van der Waals surface area contributed by atoms with Gasteiger partial charge >= 0.3 is 6.09 Å². The Kier molecular flexibility index (Phi) is 3.13. The van der Waals surface area contributed by atoms with Crippen molar-refractivity contribution in [3.63, 3.8) is 0 Å². The lowest BCUT2D eigenvalue weighted by Gasteiger charge is -2.32. The zero-order chi connectivity index (χ0) is 10.8. The van der Waals surface area contributed by atoms with E-state index >= 15 is 0 Å². The van der Waals surface area contributed by atoms with Gasteiger partial charge in [-0.15, -0.1) is 0 Å². The van der Waals surface area contributed by atoms with Crippen molar-refractivity contribution in [2.24, 2.45) is 5.92 Å². The number of hydrogen-bond donors (Lipinski definition) is 1. The van der Waals surface area contributed by atoms with Crippen LogP contribution in [0.25, 0.3) is 0 Å². The van der Waals surface area contributed by atoms with Crippen molar-refractivity contribution in [3.05, 3.63) is 0 Å². The highest BCUT2D eigenvalue weighted by molar-refractivity contribution is 5.68. The molecule has 0 radical (unpaired) electrons. The van der Waals surface area contributed by atoms with E-state index in [-0.39, 0.29) is 17.6 Å². The maximum atomic E-state index is 11.2. The highest BCUT2D eigenvalue weighted by Crippen LogP contribution is 2.28. The van der Waals surface area contributed by atoms with Gasteiger partial charge in [0.1, 0.15) is 12.4 Å². The summed E-state index contributed by atoms with van der Waals surface area (Å²) in [7, 11) is 0. The minimum absolute atomic E-state index is 0.0763. The van der Waals surface area contributed by atoms with Gasteiger partial charge in [-0.1, -0.05) is 0 Å². The Balaban J connectivity index is 2.20. The lowest BCUT2D eigenvalue weighted by Crippen LogP contribution is -2.44. The maximum Gasteiger partial charge on any atom is 0.407 e. The number of rotatable bonds is 2. The summed E-state index contributed by atoms with van der Waals surface area (Å²) in [6.07, 6.45) is 1.78. The van der Waals surface area contributed by atoms with Crippen LogP contribution in [0.1, 0.15) is 33.6 Å². The fourth-order valence-corrected chi connectivity index (χ4v) is 1.30. The lowest BCUT2D eigenvalue weighted by atomic mass is 9.84. The molecule has 0 aromatic carbocycles. The molecule has 1 saturated carbocycles. The molecule has 80 valence electrons. The van der Waals surface area contributed by atoms with E-state index in [0.29, 0.717) is 12.8 Å². The Morgan fingerprint density at radius 2 is 2.00 bits per heavy atom. The Hall–Kier alpha value is -1.06. The molecule has 1 fully saturated rings. The van der Waals surface area contributed by atoms with Crippen LogP contribution in [0.15, 0.2) is 0 Å². The number of aldehydes is 1. The third-order valence-electron chi connectivity index (χ3n) is 2.07. The van der Waals surface area contributed by atoms with Crippen LogP contribution in [-0.4, -0.2) is 24.0 Å². The summed E-state index contributed by atoms with van der Waals surface area (Å²) in [6.45, 7) is 5.68. The van der Waals surface area contributed by atoms with Crippen LogP contribution in [0.5, 0.6) is 0 Å². The van der Waals surface area contributed by atoms with Crippen molar-refractivity contribution >= 4 is 12.4 Å². The summed E-state index contributed by atoms with van der Waals surface area (Å²) in [6, 6.07) is 0. The molecule has 0 heterocycles. The average molecular weight is 199 g/mol. The summed E-state index contributed by atoms with van der Waals surface area (Å²) in [5.41, 5.74) is -0.273. The number of carbonyl (C=O) groups is 2.